The molecule has 0 heterocycles. The summed E-state index contributed by atoms with van der Waals surface area (Å²) in [4.78, 5) is 22.5. The Balaban J connectivity index is 2.20. The van der Waals surface area contributed by atoms with Gasteiger partial charge in [-0.25, -0.2) is 0 Å². The van der Waals surface area contributed by atoms with Crippen molar-refractivity contribution >= 4 is 11.8 Å². The van der Waals surface area contributed by atoms with E-state index in [1.54, 1.807) is 6.92 Å². The van der Waals surface area contributed by atoms with Crippen LogP contribution in [0.15, 0.2) is 0 Å². The van der Waals surface area contributed by atoms with E-state index >= 15 is 0 Å². The number of nitrogens with one attached hydrogen (secondary N) is 2. The van der Waals surface area contributed by atoms with E-state index in [1.165, 1.54) is 0 Å². The summed E-state index contributed by atoms with van der Waals surface area (Å²) in [5.74, 6) is -1.21. The molecule has 0 aromatic carbocycles. The highest BCUT2D eigenvalue weighted by molar-refractivity contribution is 5.87. The van der Waals surface area contributed by atoms with E-state index in [-0.39, 0.29) is 18.4 Å². The van der Waals surface area contributed by atoms with Crippen LogP contribution in [-0.2, 0) is 9.59 Å². The zero-order chi connectivity index (χ0) is 11.3. The quantitative estimate of drug-likeness (QED) is 0.665. The molecule has 2 N–H and O–H groups in total. The van der Waals surface area contributed by atoms with Crippen molar-refractivity contribution < 1.29 is 9.59 Å². The lowest BCUT2D eigenvalue weighted by Crippen LogP contribution is -2.39. The number of carbonyl (C=O) groups is 2. The van der Waals surface area contributed by atoms with Crippen molar-refractivity contribution in [2.45, 2.75) is 32.2 Å². The van der Waals surface area contributed by atoms with Gasteiger partial charge in [0.25, 0.3) is 0 Å². The number of rotatable bonds is 5. The van der Waals surface area contributed by atoms with Crippen molar-refractivity contribution in [1.82, 2.24) is 10.6 Å². The maximum Gasteiger partial charge on any atom is 0.239 e. The van der Waals surface area contributed by atoms with Crippen LogP contribution < -0.4 is 10.6 Å². The van der Waals surface area contributed by atoms with E-state index in [9.17, 15) is 9.59 Å². The van der Waals surface area contributed by atoms with Gasteiger partial charge in [-0.2, -0.15) is 5.26 Å². The van der Waals surface area contributed by atoms with Crippen molar-refractivity contribution in [1.29, 1.82) is 5.26 Å². The maximum absolute atomic E-state index is 11.3. The predicted molar refractivity (Wildman–Crippen MR) is 53.6 cm³/mol. The van der Waals surface area contributed by atoms with E-state index in [4.69, 9.17) is 5.26 Å². The smallest absolute Gasteiger partial charge is 0.239 e. The van der Waals surface area contributed by atoms with Crippen LogP contribution in [0.4, 0.5) is 0 Å². The topological polar surface area (TPSA) is 82.0 Å². The lowest BCUT2D eigenvalue weighted by molar-refractivity contribution is -0.127. The minimum absolute atomic E-state index is 0.0342. The fourth-order valence-corrected chi connectivity index (χ4v) is 1.13. The zero-order valence-electron chi connectivity index (χ0n) is 8.75. The maximum atomic E-state index is 11.3. The molecule has 0 saturated heterocycles. The molecule has 5 nitrogen and oxygen atoms in total. The van der Waals surface area contributed by atoms with Gasteiger partial charge in [0.05, 0.1) is 12.6 Å². The predicted octanol–water partition coefficient (Wildman–Crippen LogP) is -0.0690. The number of nitriles is 1. The number of carbonyl (C=O) groups excluding carboxylic acids is 2. The van der Waals surface area contributed by atoms with Gasteiger partial charge in [0, 0.05) is 6.04 Å². The average Bonchev–Trinajstić information content (AvgIpc) is 3.00. The first-order chi connectivity index (χ1) is 7.17. The van der Waals surface area contributed by atoms with E-state index in [0.29, 0.717) is 12.5 Å². The van der Waals surface area contributed by atoms with Crippen molar-refractivity contribution in [2.75, 3.05) is 6.54 Å². The molecule has 0 aromatic heterocycles. The second kappa shape index (κ2) is 5.35. The Morgan fingerprint density at radius 3 is 2.67 bits per heavy atom. The first kappa shape index (κ1) is 11.5. The zero-order valence-corrected chi connectivity index (χ0v) is 8.75. The third-order valence-corrected chi connectivity index (χ3v) is 2.25. The summed E-state index contributed by atoms with van der Waals surface area (Å²) in [5, 5.41) is 13.8. The summed E-state index contributed by atoms with van der Waals surface area (Å²) in [7, 11) is 0. The molecular weight excluding hydrogens is 194 g/mol. The standard InChI is InChI=1S/C10H15N3O2/c1-2-7(5-11)10(15)12-6-9(14)13-8-3-4-8/h7-8H,2-4,6H2,1H3,(H,12,15)(H,13,14). The van der Waals surface area contributed by atoms with Crippen molar-refractivity contribution in [3.05, 3.63) is 0 Å². The van der Waals surface area contributed by atoms with Crippen LogP contribution in [0.2, 0.25) is 0 Å². The molecule has 0 aliphatic heterocycles. The van der Waals surface area contributed by atoms with Crippen LogP contribution in [0.25, 0.3) is 0 Å². The normalized spacial score (nSPS) is 16.3. The molecule has 1 fully saturated rings. The highest BCUT2D eigenvalue weighted by Crippen LogP contribution is 2.18. The molecule has 1 saturated carbocycles. The van der Waals surface area contributed by atoms with Crippen LogP contribution in [0.5, 0.6) is 0 Å². The third kappa shape index (κ3) is 3.98. The Bertz CT molecular complexity index is 292. The molecule has 5 heteroatoms. The van der Waals surface area contributed by atoms with Gasteiger partial charge in [0.2, 0.25) is 11.8 Å². The summed E-state index contributed by atoms with van der Waals surface area (Å²) in [5.41, 5.74) is 0. The average molecular weight is 209 g/mol. The van der Waals surface area contributed by atoms with Gasteiger partial charge in [-0.1, -0.05) is 6.92 Å². The highest BCUT2D eigenvalue weighted by Gasteiger charge is 2.23. The Hall–Kier alpha value is -1.57. The molecule has 0 radical (unpaired) electrons. The summed E-state index contributed by atoms with van der Waals surface area (Å²) >= 11 is 0. The summed E-state index contributed by atoms with van der Waals surface area (Å²) in [6.45, 7) is 1.73. The van der Waals surface area contributed by atoms with E-state index in [1.807, 2.05) is 6.07 Å². The molecule has 0 bridgehead atoms. The molecular formula is C10H15N3O2. The molecule has 1 aliphatic carbocycles. The second-order valence-corrected chi connectivity index (χ2v) is 3.65. The van der Waals surface area contributed by atoms with Crippen molar-refractivity contribution in [2.24, 2.45) is 5.92 Å². The number of nitrogens with zero attached hydrogens (tertiary/aromatic N) is 1. The van der Waals surface area contributed by atoms with Crippen LogP contribution in [0.3, 0.4) is 0 Å². The monoisotopic (exact) mass is 209 g/mol. The molecule has 15 heavy (non-hydrogen) atoms. The second-order valence-electron chi connectivity index (χ2n) is 3.65. The number of amides is 2. The minimum atomic E-state index is -0.654. The van der Waals surface area contributed by atoms with E-state index < -0.39 is 5.92 Å². The fraction of sp³-hybridized carbons (Fsp3) is 0.700. The van der Waals surface area contributed by atoms with Crippen LogP contribution >= 0.6 is 0 Å². The first-order valence-corrected chi connectivity index (χ1v) is 5.14. The largest absolute Gasteiger partial charge is 0.352 e. The van der Waals surface area contributed by atoms with Gasteiger partial charge in [-0.3, -0.25) is 9.59 Å². The molecule has 1 rings (SSSR count). The summed E-state index contributed by atoms with van der Waals surface area (Å²) in [6.07, 6.45) is 2.51. The Labute approximate surface area is 88.8 Å². The Morgan fingerprint density at radius 1 is 1.53 bits per heavy atom. The van der Waals surface area contributed by atoms with Gasteiger partial charge in [0.1, 0.15) is 5.92 Å². The highest BCUT2D eigenvalue weighted by atomic mass is 16.2. The van der Waals surface area contributed by atoms with Gasteiger partial charge < -0.3 is 10.6 Å². The lowest BCUT2D eigenvalue weighted by atomic mass is 10.1. The van der Waals surface area contributed by atoms with Crippen LogP contribution in [0, 0.1) is 17.2 Å². The summed E-state index contributed by atoms with van der Waals surface area (Å²) < 4.78 is 0. The summed E-state index contributed by atoms with van der Waals surface area (Å²) in [6, 6.07) is 2.18. The van der Waals surface area contributed by atoms with E-state index in [0.717, 1.165) is 12.8 Å². The first-order valence-electron chi connectivity index (χ1n) is 5.14. The minimum Gasteiger partial charge on any atom is -0.352 e. The van der Waals surface area contributed by atoms with Gasteiger partial charge in [0.15, 0.2) is 0 Å². The lowest BCUT2D eigenvalue weighted by Gasteiger charge is -2.08. The van der Waals surface area contributed by atoms with Crippen molar-refractivity contribution in [3.63, 3.8) is 0 Å². The molecule has 2 amide bonds. The molecule has 0 aromatic rings. The molecule has 1 aliphatic rings. The molecule has 1 unspecified atom stereocenters. The Morgan fingerprint density at radius 2 is 2.20 bits per heavy atom. The van der Waals surface area contributed by atoms with Crippen LogP contribution in [0.1, 0.15) is 26.2 Å². The van der Waals surface area contributed by atoms with E-state index in [2.05, 4.69) is 10.6 Å². The molecule has 1 atom stereocenters. The molecule has 0 spiro atoms. The number of hydrogen-bond acceptors (Lipinski definition) is 3. The van der Waals surface area contributed by atoms with Crippen LogP contribution in [-0.4, -0.2) is 24.4 Å². The van der Waals surface area contributed by atoms with Gasteiger partial charge >= 0.3 is 0 Å². The number of hydrogen-bond donors (Lipinski definition) is 2. The molecule has 82 valence electrons. The van der Waals surface area contributed by atoms with Gasteiger partial charge in [-0.05, 0) is 19.3 Å². The SMILES string of the molecule is CCC(C#N)C(=O)NCC(=O)NC1CC1. The van der Waals surface area contributed by atoms with Crippen molar-refractivity contribution in [3.8, 4) is 6.07 Å². The Kier molecular flexibility index (Phi) is 4.10. The fourth-order valence-electron chi connectivity index (χ4n) is 1.13. The third-order valence-electron chi connectivity index (χ3n) is 2.25. The van der Waals surface area contributed by atoms with Gasteiger partial charge in [-0.15, -0.1) is 0 Å².